The molecule has 1 aliphatic rings. The maximum atomic E-state index is 7.51. The average molecular weight is 183 g/mol. The second-order valence-electron chi connectivity index (χ2n) is 4.37. The third kappa shape index (κ3) is 2.90. The van der Waals surface area contributed by atoms with Gasteiger partial charge in [0.25, 0.3) is 0 Å². The van der Waals surface area contributed by atoms with E-state index in [1.54, 1.807) is 0 Å². The van der Waals surface area contributed by atoms with Gasteiger partial charge in [-0.2, -0.15) is 0 Å². The molecular weight excluding hydrogens is 162 g/mol. The number of rotatable bonds is 3. The van der Waals surface area contributed by atoms with E-state index in [1.807, 2.05) is 0 Å². The highest BCUT2D eigenvalue weighted by Gasteiger charge is 2.23. The van der Waals surface area contributed by atoms with Crippen LogP contribution in [0.3, 0.4) is 0 Å². The Balaban J connectivity index is 2.50. The number of nitrogens with two attached hydrogens (primary N) is 1. The Morgan fingerprint density at radius 3 is 2.38 bits per heavy atom. The van der Waals surface area contributed by atoms with Gasteiger partial charge >= 0.3 is 0 Å². The zero-order chi connectivity index (χ0) is 9.84. The summed E-state index contributed by atoms with van der Waals surface area (Å²) in [6, 6.07) is 0.542. The van der Waals surface area contributed by atoms with Crippen LogP contribution in [0.4, 0.5) is 0 Å². The lowest BCUT2D eigenvalue weighted by molar-refractivity contribution is 0.278. The van der Waals surface area contributed by atoms with Crippen molar-refractivity contribution in [1.29, 1.82) is 5.41 Å². The van der Waals surface area contributed by atoms with Gasteiger partial charge in [0.15, 0.2) is 5.96 Å². The molecule has 0 bridgehead atoms. The number of nitrogens with one attached hydrogen (secondary N) is 1. The highest BCUT2D eigenvalue weighted by molar-refractivity contribution is 5.75. The van der Waals surface area contributed by atoms with Crippen molar-refractivity contribution >= 4 is 5.96 Å². The Bertz CT molecular complexity index is 171. The minimum absolute atomic E-state index is 0.251. The molecule has 0 heterocycles. The molecule has 1 saturated carbocycles. The third-order valence-electron chi connectivity index (χ3n) is 2.64. The summed E-state index contributed by atoms with van der Waals surface area (Å²) in [6.07, 6.45) is 5.03. The topological polar surface area (TPSA) is 53.1 Å². The Morgan fingerprint density at radius 2 is 2.00 bits per heavy atom. The summed E-state index contributed by atoms with van der Waals surface area (Å²) in [5.74, 6) is 0.838. The zero-order valence-electron chi connectivity index (χ0n) is 8.71. The Labute approximate surface area is 80.8 Å². The summed E-state index contributed by atoms with van der Waals surface area (Å²) in [7, 11) is 0. The van der Waals surface area contributed by atoms with Gasteiger partial charge in [-0.05, 0) is 18.8 Å². The van der Waals surface area contributed by atoms with Crippen molar-refractivity contribution < 1.29 is 0 Å². The van der Waals surface area contributed by atoms with E-state index in [1.165, 1.54) is 25.7 Å². The first-order chi connectivity index (χ1) is 6.11. The van der Waals surface area contributed by atoms with Crippen molar-refractivity contribution in [2.24, 2.45) is 11.7 Å². The van der Waals surface area contributed by atoms with Gasteiger partial charge in [0, 0.05) is 12.6 Å². The van der Waals surface area contributed by atoms with E-state index in [0.717, 1.165) is 6.54 Å². The van der Waals surface area contributed by atoms with Crippen LogP contribution in [0.1, 0.15) is 39.5 Å². The molecule has 0 aromatic heterocycles. The van der Waals surface area contributed by atoms with Crippen LogP contribution in [-0.4, -0.2) is 23.4 Å². The van der Waals surface area contributed by atoms with Gasteiger partial charge < -0.3 is 10.6 Å². The van der Waals surface area contributed by atoms with Crippen molar-refractivity contribution in [3.63, 3.8) is 0 Å². The van der Waals surface area contributed by atoms with Crippen molar-refractivity contribution in [1.82, 2.24) is 4.90 Å². The lowest BCUT2D eigenvalue weighted by Gasteiger charge is -2.30. The van der Waals surface area contributed by atoms with Crippen molar-refractivity contribution in [2.75, 3.05) is 6.54 Å². The molecule has 3 nitrogen and oxygen atoms in total. The van der Waals surface area contributed by atoms with Crippen LogP contribution in [0.5, 0.6) is 0 Å². The van der Waals surface area contributed by atoms with E-state index in [-0.39, 0.29) is 5.96 Å². The van der Waals surface area contributed by atoms with Gasteiger partial charge in [-0.1, -0.05) is 26.7 Å². The minimum atomic E-state index is 0.251. The van der Waals surface area contributed by atoms with Gasteiger partial charge in [0.2, 0.25) is 0 Å². The van der Waals surface area contributed by atoms with Crippen LogP contribution in [0, 0.1) is 11.3 Å². The van der Waals surface area contributed by atoms with Gasteiger partial charge in [0.1, 0.15) is 0 Å². The standard InChI is InChI=1S/C10H21N3/c1-8(2)7-13(10(11)12)9-5-3-4-6-9/h8-9H,3-7H2,1-2H3,(H3,11,12). The molecule has 3 heteroatoms. The average Bonchev–Trinajstić information content (AvgIpc) is 2.50. The SMILES string of the molecule is CC(C)CN(C(=N)N)C1CCCC1. The Hall–Kier alpha value is -0.730. The first kappa shape index (κ1) is 10.4. The van der Waals surface area contributed by atoms with Crippen molar-refractivity contribution in [3.05, 3.63) is 0 Å². The fourth-order valence-electron chi connectivity index (χ4n) is 2.05. The largest absolute Gasteiger partial charge is 0.370 e. The molecule has 0 radical (unpaired) electrons. The smallest absolute Gasteiger partial charge is 0.188 e. The third-order valence-corrected chi connectivity index (χ3v) is 2.64. The quantitative estimate of drug-likeness (QED) is 0.517. The molecular formula is C10H21N3. The molecule has 76 valence electrons. The van der Waals surface area contributed by atoms with Gasteiger partial charge in [-0.15, -0.1) is 0 Å². The van der Waals surface area contributed by atoms with Gasteiger partial charge in [0.05, 0.1) is 0 Å². The summed E-state index contributed by atoms with van der Waals surface area (Å²) >= 11 is 0. The second kappa shape index (κ2) is 4.49. The lowest BCUT2D eigenvalue weighted by Crippen LogP contribution is -2.44. The molecule has 1 fully saturated rings. The predicted molar refractivity (Wildman–Crippen MR) is 55.7 cm³/mol. The van der Waals surface area contributed by atoms with E-state index >= 15 is 0 Å². The molecule has 1 rings (SSSR count). The Morgan fingerprint density at radius 1 is 1.46 bits per heavy atom. The second-order valence-corrected chi connectivity index (χ2v) is 4.37. The Kier molecular flexibility index (Phi) is 3.58. The number of hydrogen-bond donors (Lipinski definition) is 2. The predicted octanol–water partition coefficient (Wildman–Crippen LogP) is 1.78. The highest BCUT2D eigenvalue weighted by atomic mass is 15.3. The number of guanidine groups is 1. The summed E-state index contributed by atoms with van der Waals surface area (Å²) in [6.45, 7) is 5.27. The van der Waals surface area contributed by atoms with Crippen molar-refractivity contribution in [2.45, 2.75) is 45.6 Å². The molecule has 0 aromatic rings. The fourth-order valence-corrected chi connectivity index (χ4v) is 2.05. The van der Waals surface area contributed by atoms with Crippen molar-refractivity contribution in [3.8, 4) is 0 Å². The van der Waals surface area contributed by atoms with Gasteiger partial charge in [-0.25, -0.2) is 0 Å². The normalized spacial score (nSPS) is 18.1. The molecule has 0 atom stereocenters. The van der Waals surface area contributed by atoms with E-state index in [9.17, 15) is 0 Å². The zero-order valence-corrected chi connectivity index (χ0v) is 8.71. The monoisotopic (exact) mass is 183 g/mol. The summed E-state index contributed by atoms with van der Waals surface area (Å²) in [4.78, 5) is 2.07. The summed E-state index contributed by atoms with van der Waals surface area (Å²) in [5.41, 5.74) is 5.57. The first-order valence-corrected chi connectivity index (χ1v) is 5.22. The van der Waals surface area contributed by atoms with Crippen LogP contribution in [0.15, 0.2) is 0 Å². The van der Waals surface area contributed by atoms with Gasteiger partial charge in [-0.3, -0.25) is 5.41 Å². The molecule has 0 unspecified atom stereocenters. The minimum Gasteiger partial charge on any atom is -0.370 e. The summed E-state index contributed by atoms with van der Waals surface area (Å²) in [5, 5.41) is 7.51. The molecule has 0 spiro atoms. The molecule has 0 saturated heterocycles. The fraction of sp³-hybridized carbons (Fsp3) is 0.900. The van der Waals surface area contributed by atoms with Crippen LogP contribution < -0.4 is 5.73 Å². The maximum Gasteiger partial charge on any atom is 0.188 e. The number of nitrogens with zero attached hydrogens (tertiary/aromatic N) is 1. The maximum absolute atomic E-state index is 7.51. The molecule has 13 heavy (non-hydrogen) atoms. The van der Waals surface area contributed by atoms with E-state index in [0.29, 0.717) is 12.0 Å². The summed E-state index contributed by atoms with van der Waals surface area (Å²) < 4.78 is 0. The van der Waals surface area contributed by atoms with Crippen LogP contribution in [-0.2, 0) is 0 Å². The molecule has 3 N–H and O–H groups in total. The highest BCUT2D eigenvalue weighted by Crippen LogP contribution is 2.23. The van der Waals surface area contributed by atoms with Crippen LogP contribution in [0.2, 0.25) is 0 Å². The molecule has 1 aliphatic carbocycles. The first-order valence-electron chi connectivity index (χ1n) is 5.22. The molecule has 0 aromatic carbocycles. The molecule has 0 aliphatic heterocycles. The number of hydrogen-bond acceptors (Lipinski definition) is 1. The van der Waals surface area contributed by atoms with E-state index in [2.05, 4.69) is 18.7 Å². The molecule has 0 amide bonds. The van der Waals surface area contributed by atoms with E-state index < -0.39 is 0 Å². The van der Waals surface area contributed by atoms with Crippen LogP contribution >= 0.6 is 0 Å². The van der Waals surface area contributed by atoms with Crippen LogP contribution in [0.25, 0.3) is 0 Å². The van der Waals surface area contributed by atoms with E-state index in [4.69, 9.17) is 11.1 Å². The lowest BCUT2D eigenvalue weighted by atomic mass is 10.1.